The van der Waals surface area contributed by atoms with Gasteiger partial charge in [0.25, 0.3) is 0 Å². The molecule has 0 saturated heterocycles. The maximum absolute atomic E-state index is 13.1. The summed E-state index contributed by atoms with van der Waals surface area (Å²) < 4.78 is 31.0. The molecule has 0 aliphatic rings. The molecule has 17 heavy (non-hydrogen) atoms. The highest BCUT2D eigenvalue weighted by Gasteiger charge is 2.10. The number of rotatable bonds is 2. The van der Waals surface area contributed by atoms with Crippen molar-refractivity contribution in [3.05, 3.63) is 48.0 Å². The molecule has 0 fully saturated rings. The van der Waals surface area contributed by atoms with Crippen LogP contribution in [0, 0.1) is 11.6 Å². The Hall–Kier alpha value is -2.10. The van der Waals surface area contributed by atoms with Gasteiger partial charge in [0.15, 0.2) is 17.4 Å². The normalized spacial score (nSPS) is 10.3. The molecule has 0 atom stereocenters. The third kappa shape index (κ3) is 2.20. The van der Waals surface area contributed by atoms with Crippen LogP contribution in [-0.2, 0) is 0 Å². The van der Waals surface area contributed by atoms with E-state index in [1.54, 1.807) is 31.4 Å². The first-order valence-corrected chi connectivity index (χ1v) is 4.94. The van der Waals surface area contributed by atoms with E-state index in [1.807, 2.05) is 0 Å². The quantitative estimate of drug-likeness (QED) is 0.866. The van der Waals surface area contributed by atoms with Gasteiger partial charge in [0.05, 0.1) is 7.11 Å². The molecule has 0 radical (unpaired) electrons. The maximum atomic E-state index is 13.1. The molecular formula is C13H10F2O2. The van der Waals surface area contributed by atoms with Gasteiger partial charge in [-0.25, -0.2) is 4.39 Å². The van der Waals surface area contributed by atoms with Gasteiger partial charge in [-0.05, 0) is 35.4 Å². The summed E-state index contributed by atoms with van der Waals surface area (Å²) in [5.74, 6) is -2.34. The molecule has 0 aliphatic heterocycles. The second-order valence-electron chi connectivity index (χ2n) is 3.52. The second-order valence-corrected chi connectivity index (χ2v) is 3.52. The van der Waals surface area contributed by atoms with Gasteiger partial charge in [0, 0.05) is 0 Å². The van der Waals surface area contributed by atoms with E-state index in [9.17, 15) is 13.9 Å². The minimum absolute atomic E-state index is 0.407. The lowest BCUT2D eigenvalue weighted by molar-refractivity contribution is 0.407. The third-order valence-electron chi connectivity index (χ3n) is 2.43. The summed E-state index contributed by atoms with van der Waals surface area (Å²) in [5.41, 5.74) is 1.07. The number of hydrogen-bond donors (Lipinski definition) is 1. The Morgan fingerprint density at radius 1 is 1.00 bits per heavy atom. The predicted molar refractivity (Wildman–Crippen MR) is 60.0 cm³/mol. The Bertz CT molecular complexity index is 513. The van der Waals surface area contributed by atoms with Gasteiger partial charge in [0.1, 0.15) is 5.75 Å². The zero-order chi connectivity index (χ0) is 12.4. The van der Waals surface area contributed by atoms with Gasteiger partial charge in [-0.1, -0.05) is 12.1 Å². The first-order chi connectivity index (χ1) is 8.11. The molecule has 2 aromatic carbocycles. The fraction of sp³-hybridized carbons (Fsp3) is 0.0769. The lowest BCUT2D eigenvalue weighted by Gasteiger charge is -2.05. The van der Waals surface area contributed by atoms with Gasteiger partial charge >= 0.3 is 0 Å². The summed E-state index contributed by atoms with van der Waals surface area (Å²) >= 11 is 0. The third-order valence-corrected chi connectivity index (χ3v) is 2.43. The first-order valence-electron chi connectivity index (χ1n) is 4.94. The van der Waals surface area contributed by atoms with E-state index in [-0.39, 0.29) is 0 Å². The zero-order valence-corrected chi connectivity index (χ0v) is 9.08. The van der Waals surface area contributed by atoms with Crippen LogP contribution in [-0.4, -0.2) is 12.2 Å². The minimum atomic E-state index is -1.23. The molecule has 0 amide bonds. The summed E-state index contributed by atoms with van der Waals surface area (Å²) in [4.78, 5) is 0. The van der Waals surface area contributed by atoms with E-state index in [2.05, 4.69) is 0 Å². The molecule has 0 unspecified atom stereocenters. The molecule has 0 bridgehead atoms. The molecule has 0 aliphatic carbocycles. The Labute approximate surface area is 97.1 Å². The average molecular weight is 236 g/mol. The predicted octanol–water partition coefficient (Wildman–Crippen LogP) is 3.35. The van der Waals surface area contributed by atoms with E-state index in [0.717, 1.165) is 6.07 Å². The van der Waals surface area contributed by atoms with Crippen molar-refractivity contribution in [3.8, 4) is 22.6 Å². The average Bonchev–Trinajstić information content (AvgIpc) is 2.35. The molecule has 2 nitrogen and oxygen atoms in total. The molecule has 88 valence electrons. The van der Waals surface area contributed by atoms with Crippen LogP contribution in [0.4, 0.5) is 8.78 Å². The van der Waals surface area contributed by atoms with Crippen LogP contribution in [0.15, 0.2) is 36.4 Å². The summed E-state index contributed by atoms with van der Waals surface area (Å²) in [6.07, 6.45) is 0. The Kier molecular flexibility index (Phi) is 2.95. The molecule has 1 N–H and O–H groups in total. The van der Waals surface area contributed by atoms with Crippen LogP contribution in [0.5, 0.6) is 11.5 Å². The largest absolute Gasteiger partial charge is 0.505 e. The van der Waals surface area contributed by atoms with Crippen molar-refractivity contribution < 1.29 is 18.6 Å². The van der Waals surface area contributed by atoms with Crippen LogP contribution in [0.1, 0.15) is 0 Å². The van der Waals surface area contributed by atoms with E-state index in [1.165, 1.54) is 6.07 Å². The number of phenols is 1. The van der Waals surface area contributed by atoms with Crippen molar-refractivity contribution in [3.63, 3.8) is 0 Å². The summed E-state index contributed by atoms with van der Waals surface area (Å²) in [5, 5.41) is 9.20. The molecule has 2 aromatic rings. The van der Waals surface area contributed by atoms with Gasteiger partial charge in [-0.2, -0.15) is 4.39 Å². The maximum Gasteiger partial charge on any atom is 0.200 e. The topological polar surface area (TPSA) is 29.5 Å². The van der Waals surface area contributed by atoms with Gasteiger partial charge < -0.3 is 9.84 Å². The van der Waals surface area contributed by atoms with Gasteiger partial charge in [-0.15, -0.1) is 0 Å². The number of halogens is 2. The number of benzene rings is 2. The molecule has 2 rings (SSSR count). The zero-order valence-electron chi connectivity index (χ0n) is 9.08. The minimum Gasteiger partial charge on any atom is -0.505 e. The monoisotopic (exact) mass is 236 g/mol. The van der Waals surface area contributed by atoms with E-state index < -0.39 is 17.4 Å². The lowest BCUT2D eigenvalue weighted by atomic mass is 10.0. The smallest absolute Gasteiger partial charge is 0.200 e. The van der Waals surface area contributed by atoms with Crippen LogP contribution in [0.25, 0.3) is 11.1 Å². The van der Waals surface area contributed by atoms with E-state index >= 15 is 0 Å². The summed E-state index contributed by atoms with van der Waals surface area (Å²) in [7, 11) is 1.54. The number of methoxy groups -OCH3 is 1. The van der Waals surface area contributed by atoms with Crippen molar-refractivity contribution in [1.29, 1.82) is 0 Å². The van der Waals surface area contributed by atoms with Crippen molar-refractivity contribution in [2.75, 3.05) is 7.11 Å². The number of phenolic OH excluding ortho intramolecular Hbond substituents is 1. The SMILES string of the molecule is COc1ccc(-c2cc(O)c(F)c(F)c2)cc1. The van der Waals surface area contributed by atoms with Gasteiger partial charge in [0.2, 0.25) is 0 Å². The van der Waals surface area contributed by atoms with Crippen LogP contribution < -0.4 is 4.74 Å². The molecule has 4 heteroatoms. The molecule has 0 spiro atoms. The molecular weight excluding hydrogens is 226 g/mol. The van der Waals surface area contributed by atoms with Crippen molar-refractivity contribution in [1.82, 2.24) is 0 Å². The Balaban J connectivity index is 2.45. The number of ether oxygens (including phenoxy) is 1. The Morgan fingerprint density at radius 2 is 1.65 bits per heavy atom. The van der Waals surface area contributed by atoms with Crippen LogP contribution in [0.2, 0.25) is 0 Å². The summed E-state index contributed by atoms with van der Waals surface area (Å²) in [6, 6.07) is 9.02. The van der Waals surface area contributed by atoms with Crippen molar-refractivity contribution >= 4 is 0 Å². The molecule has 0 heterocycles. The van der Waals surface area contributed by atoms with E-state index in [4.69, 9.17) is 4.74 Å². The van der Waals surface area contributed by atoms with Gasteiger partial charge in [-0.3, -0.25) is 0 Å². The standard InChI is InChI=1S/C13H10F2O2/c1-17-10-4-2-8(3-5-10)9-6-11(14)13(15)12(16)7-9/h2-7,16H,1H3. The lowest BCUT2D eigenvalue weighted by Crippen LogP contribution is -1.88. The Morgan fingerprint density at radius 3 is 2.18 bits per heavy atom. The van der Waals surface area contributed by atoms with Crippen molar-refractivity contribution in [2.24, 2.45) is 0 Å². The second kappa shape index (κ2) is 4.41. The fourth-order valence-electron chi connectivity index (χ4n) is 1.52. The highest BCUT2D eigenvalue weighted by Crippen LogP contribution is 2.28. The van der Waals surface area contributed by atoms with Crippen LogP contribution >= 0.6 is 0 Å². The first kappa shape index (κ1) is 11.4. The fourth-order valence-corrected chi connectivity index (χ4v) is 1.52. The number of hydrogen-bond acceptors (Lipinski definition) is 2. The number of aromatic hydroxyl groups is 1. The van der Waals surface area contributed by atoms with Crippen molar-refractivity contribution in [2.45, 2.75) is 0 Å². The molecule has 0 saturated carbocycles. The van der Waals surface area contributed by atoms with E-state index in [0.29, 0.717) is 16.9 Å². The highest BCUT2D eigenvalue weighted by molar-refractivity contribution is 5.66. The highest BCUT2D eigenvalue weighted by atomic mass is 19.2. The molecule has 0 aromatic heterocycles. The van der Waals surface area contributed by atoms with Crippen LogP contribution in [0.3, 0.4) is 0 Å². The summed E-state index contributed by atoms with van der Waals surface area (Å²) in [6.45, 7) is 0.